The summed E-state index contributed by atoms with van der Waals surface area (Å²) in [5.41, 5.74) is 8.45. The summed E-state index contributed by atoms with van der Waals surface area (Å²) in [5, 5.41) is 5.14. The Hall–Kier alpha value is -1.69. The quantitative estimate of drug-likeness (QED) is 0.770. The third kappa shape index (κ3) is 3.15. The number of nitrogens with zero attached hydrogens (tertiary/aromatic N) is 1. The van der Waals surface area contributed by atoms with E-state index < -0.39 is 0 Å². The van der Waals surface area contributed by atoms with Gasteiger partial charge in [0.1, 0.15) is 5.75 Å². The molecular weight excluding hydrogens is 300 g/mol. The third-order valence-corrected chi connectivity index (χ3v) is 5.13. The van der Waals surface area contributed by atoms with Gasteiger partial charge in [0.15, 0.2) is 0 Å². The van der Waals surface area contributed by atoms with Crippen LogP contribution in [0.25, 0.3) is 11.3 Å². The SMILES string of the molecule is COc1ccsc1C(N)Cc1nc(-c2ccccc2)cs1. The van der Waals surface area contributed by atoms with Crippen LogP contribution in [0, 0.1) is 0 Å². The molecule has 0 aliphatic heterocycles. The van der Waals surface area contributed by atoms with Crippen molar-refractivity contribution in [3.05, 3.63) is 57.0 Å². The van der Waals surface area contributed by atoms with E-state index in [4.69, 9.17) is 10.5 Å². The number of nitrogens with two attached hydrogens (primary N) is 1. The molecule has 0 aliphatic rings. The van der Waals surface area contributed by atoms with Gasteiger partial charge in [-0.2, -0.15) is 0 Å². The van der Waals surface area contributed by atoms with Crippen molar-refractivity contribution in [2.75, 3.05) is 7.11 Å². The Morgan fingerprint density at radius 1 is 1.19 bits per heavy atom. The zero-order valence-corrected chi connectivity index (χ0v) is 13.3. The summed E-state index contributed by atoms with van der Waals surface area (Å²) < 4.78 is 5.33. The van der Waals surface area contributed by atoms with E-state index in [1.165, 1.54) is 0 Å². The molecule has 0 radical (unpaired) electrons. The molecule has 0 bridgehead atoms. The molecule has 5 heteroatoms. The monoisotopic (exact) mass is 316 g/mol. The highest BCUT2D eigenvalue weighted by Gasteiger charge is 2.16. The summed E-state index contributed by atoms with van der Waals surface area (Å²) >= 11 is 3.29. The first-order valence-corrected chi connectivity index (χ1v) is 8.40. The molecule has 0 saturated heterocycles. The Morgan fingerprint density at radius 2 is 2.00 bits per heavy atom. The lowest BCUT2D eigenvalue weighted by atomic mass is 10.1. The summed E-state index contributed by atoms with van der Waals surface area (Å²) in [6, 6.07) is 12.1. The van der Waals surface area contributed by atoms with Crippen LogP contribution in [0.15, 0.2) is 47.2 Å². The van der Waals surface area contributed by atoms with Crippen molar-refractivity contribution in [1.29, 1.82) is 0 Å². The lowest BCUT2D eigenvalue weighted by molar-refractivity contribution is 0.409. The Kier molecular flexibility index (Phi) is 4.34. The second-order valence-electron chi connectivity index (χ2n) is 4.66. The van der Waals surface area contributed by atoms with Gasteiger partial charge in [0.05, 0.1) is 22.7 Å². The normalized spacial score (nSPS) is 12.3. The van der Waals surface area contributed by atoms with Gasteiger partial charge in [-0.25, -0.2) is 4.98 Å². The van der Waals surface area contributed by atoms with Crippen molar-refractivity contribution < 1.29 is 4.74 Å². The molecule has 2 N–H and O–H groups in total. The number of thiazole rings is 1. The number of hydrogen-bond donors (Lipinski definition) is 1. The van der Waals surface area contributed by atoms with Crippen molar-refractivity contribution in [2.45, 2.75) is 12.5 Å². The maximum absolute atomic E-state index is 6.29. The van der Waals surface area contributed by atoms with E-state index in [1.807, 2.05) is 29.6 Å². The van der Waals surface area contributed by atoms with Crippen LogP contribution < -0.4 is 10.5 Å². The molecule has 3 aromatic rings. The van der Waals surface area contributed by atoms with E-state index >= 15 is 0 Å². The van der Waals surface area contributed by atoms with Gasteiger partial charge in [0, 0.05) is 23.4 Å². The summed E-state index contributed by atoms with van der Waals surface area (Å²) in [6.07, 6.45) is 0.731. The Bertz CT molecular complexity index is 706. The van der Waals surface area contributed by atoms with Gasteiger partial charge in [-0.3, -0.25) is 0 Å². The molecular formula is C16H16N2OS2. The third-order valence-electron chi connectivity index (χ3n) is 3.23. The van der Waals surface area contributed by atoms with Gasteiger partial charge < -0.3 is 10.5 Å². The van der Waals surface area contributed by atoms with Crippen molar-refractivity contribution in [3.8, 4) is 17.0 Å². The largest absolute Gasteiger partial charge is 0.496 e. The zero-order valence-electron chi connectivity index (χ0n) is 11.7. The standard InChI is InChI=1S/C16H16N2OS2/c1-19-14-7-8-20-16(14)12(17)9-15-18-13(10-21-15)11-5-3-2-4-6-11/h2-8,10,12H,9,17H2,1H3. The minimum Gasteiger partial charge on any atom is -0.496 e. The molecule has 1 atom stereocenters. The number of methoxy groups -OCH3 is 1. The fourth-order valence-corrected chi connectivity index (χ4v) is 3.90. The lowest BCUT2D eigenvalue weighted by Gasteiger charge is -2.09. The number of aromatic nitrogens is 1. The summed E-state index contributed by atoms with van der Waals surface area (Å²) in [5.74, 6) is 0.868. The van der Waals surface area contributed by atoms with Crippen LogP contribution in [0.3, 0.4) is 0 Å². The fourth-order valence-electron chi connectivity index (χ4n) is 2.18. The molecule has 21 heavy (non-hydrogen) atoms. The van der Waals surface area contributed by atoms with E-state index in [0.717, 1.165) is 33.3 Å². The number of hydrogen-bond acceptors (Lipinski definition) is 5. The van der Waals surface area contributed by atoms with Crippen LogP contribution in [0.4, 0.5) is 0 Å². The molecule has 0 amide bonds. The molecule has 0 spiro atoms. The topological polar surface area (TPSA) is 48.1 Å². The Labute approximate surface area is 132 Å². The van der Waals surface area contributed by atoms with Crippen LogP contribution in [0.2, 0.25) is 0 Å². The van der Waals surface area contributed by atoms with Crippen LogP contribution in [-0.2, 0) is 6.42 Å². The first-order valence-electron chi connectivity index (χ1n) is 6.64. The average Bonchev–Trinajstić information content (AvgIpc) is 3.16. The molecule has 1 unspecified atom stereocenters. The van der Waals surface area contributed by atoms with Crippen LogP contribution in [0.1, 0.15) is 15.9 Å². The molecule has 2 aromatic heterocycles. The smallest absolute Gasteiger partial charge is 0.134 e. The predicted octanol–water partition coefficient (Wildman–Crippen LogP) is 4.12. The molecule has 3 nitrogen and oxygen atoms in total. The van der Waals surface area contributed by atoms with Gasteiger partial charge >= 0.3 is 0 Å². The van der Waals surface area contributed by atoms with E-state index in [2.05, 4.69) is 22.5 Å². The highest BCUT2D eigenvalue weighted by molar-refractivity contribution is 7.10. The first-order chi connectivity index (χ1) is 10.3. The molecule has 3 rings (SSSR count). The summed E-state index contributed by atoms with van der Waals surface area (Å²) in [4.78, 5) is 5.77. The highest BCUT2D eigenvalue weighted by atomic mass is 32.1. The molecule has 108 valence electrons. The minimum atomic E-state index is -0.0743. The maximum Gasteiger partial charge on any atom is 0.134 e. The Morgan fingerprint density at radius 3 is 2.76 bits per heavy atom. The van der Waals surface area contributed by atoms with Crippen molar-refractivity contribution in [3.63, 3.8) is 0 Å². The molecule has 0 aliphatic carbocycles. The van der Waals surface area contributed by atoms with E-state index in [0.29, 0.717) is 0 Å². The molecule has 0 fully saturated rings. The van der Waals surface area contributed by atoms with Gasteiger partial charge in [-0.05, 0) is 11.4 Å². The van der Waals surface area contributed by atoms with Crippen molar-refractivity contribution >= 4 is 22.7 Å². The van der Waals surface area contributed by atoms with E-state index in [1.54, 1.807) is 29.8 Å². The second kappa shape index (κ2) is 6.39. The van der Waals surface area contributed by atoms with Crippen molar-refractivity contribution in [2.24, 2.45) is 5.73 Å². The van der Waals surface area contributed by atoms with Gasteiger partial charge in [0.2, 0.25) is 0 Å². The lowest BCUT2D eigenvalue weighted by Crippen LogP contribution is -2.12. The summed E-state index contributed by atoms with van der Waals surface area (Å²) in [7, 11) is 1.68. The fraction of sp³-hybridized carbons (Fsp3) is 0.188. The number of rotatable bonds is 5. The minimum absolute atomic E-state index is 0.0743. The van der Waals surface area contributed by atoms with Gasteiger partial charge in [-0.15, -0.1) is 22.7 Å². The van der Waals surface area contributed by atoms with Gasteiger partial charge in [-0.1, -0.05) is 30.3 Å². The number of benzene rings is 1. The first kappa shape index (κ1) is 14.3. The molecule has 1 aromatic carbocycles. The van der Waals surface area contributed by atoms with Crippen LogP contribution in [-0.4, -0.2) is 12.1 Å². The maximum atomic E-state index is 6.29. The van der Waals surface area contributed by atoms with E-state index in [-0.39, 0.29) is 6.04 Å². The second-order valence-corrected chi connectivity index (χ2v) is 6.55. The Balaban J connectivity index is 1.76. The summed E-state index contributed by atoms with van der Waals surface area (Å²) in [6.45, 7) is 0. The predicted molar refractivity (Wildman–Crippen MR) is 89.1 cm³/mol. The van der Waals surface area contributed by atoms with E-state index in [9.17, 15) is 0 Å². The number of thiophene rings is 1. The number of ether oxygens (including phenoxy) is 1. The molecule has 0 saturated carbocycles. The zero-order chi connectivity index (χ0) is 14.7. The molecule has 2 heterocycles. The van der Waals surface area contributed by atoms with Gasteiger partial charge in [0.25, 0.3) is 0 Å². The average molecular weight is 316 g/mol. The van der Waals surface area contributed by atoms with Crippen LogP contribution >= 0.6 is 22.7 Å². The highest BCUT2D eigenvalue weighted by Crippen LogP contribution is 2.32. The van der Waals surface area contributed by atoms with Crippen LogP contribution in [0.5, 0.6) is 5.75 Å². The van der Waals surface area contributed by atoms with Crippen molar-refractivity contribution in [1.82, 2.24) is 4.98 Å².